The van der Waals surface area contributed by atoms with Crippen LogP contribution in [0.25, 0.3) is 0 Å². The highest BCUT2D eigenvalue weighted by Crippen LogP contribution is 2.26. The lowest BCUT2D eigenvalue weighted by molar-refractivity contribution is 0.621. The van der Waals surface area contributed by atoms with Gasteiger partial charge in [-0.25, -0.2) is 9.37 Å². The molecule has 0 bridgehead atoms. The van der Waals surface area contributed by atoms with Crippen LogP contribution in [0.1, 0.15) is 5.56 Å². The molecule has 0 saturated heterocycles. The minimum absolute atomic E-state index is 0.298. The summed E-state index contributed by atoms with van der Waals surface area (Å²) in [4.78, 5) is 4.32. The molecule has 2 aromatic rings. The topological polar surface area (TPSA) is 37.0 Å². The van der Waals surface area contributed by atoms with Crippen LogP contribution in [-0.2, 0) is 0 Å². The SMILES string of the molecule is CNc1cccc(Nc2cc(F)c(Br)cc2C)n1. The van der Waals surface area contributed by atoms with Crippen LogP contribution in [0.4, 0.5) is 21.7 Å². The number of rotatable bonds is 3. The fraction of sp³-hybridized carbons (Fsp3) is 0.154. The van der Waals surface area contributed by atoms with Crippen LogP contribution in [-0.4, -0.2) is 12.0 Å². The van der Waals surface area contributed by atoms with E-state index in [-0.39, 0.29) is 5.82 Å². The number of aryl methyl sites for hydroxylation is 1. The maximum absolute atomic E-state index is 13.5. The summed E-state index contributed by atoms with van der Waals surface area (Å²) >= 11 is 3.16. The molecule has 0 saturated carbocycles. The molecule has 18 heavy (non-hydrogen) atoms. The molecule has 0 spiro atoms. The molecule has 3 nitrogen and oxygen atoms in total. The van der Waals surface area contributed by atoms with Gasteiger partial charge in [0.25, 0.3) is 0 Å². The van der Waals surface area contributed by atoms with E-state index in [1.54, 1.807) is 13.1 Å². The van der Waals surface area contributed by atoms with Crippen molar-refractivity contribution < 1.29 is 4.39 Å². The molecular formula is C13H13BrFN3. The van der Waals surface area contributed by atoms with Gasteiger partial charge < -0.3 is 10.6 Å². The molecule has 5 heteroatoms. The van der Waals surface area contributed by atoms with E-state index in [9.17, 15) is 4.39 Å². The zero-order valence-electron chi connectivity index (χ0n) is 10.1. The molecule has 0 aliphatic heterocycles. The summed E-state index contributed by atoms with van der Waals surface area (Å²) in [6, 6.07) is 8.76. The lowest BCUT2D eigenvalue weighted by atomic mass is 10.2. The van der Waals surface area contributed by atoms with Crippen molar-refractivity contribution in [3.63, 3.8) is 0 Å². The summed E-state index contributed by atoms with van der Waals surface area (Å²) in [5.41, 5.74) is 1.65. The molecule has 0 fully saturated rings. The molecule has 0 unspecified atom stereocenters. The second-order valence-electron chi connectivity index (χ2n) is 3.86. The van der Waals surface area contributed by atoms with E-state index in [0.717, 1.165) is 11.4 Å². The first-order valence-electron chi connectivity index (χ1n) is 5.47. The number of benzene rings is 1. The molecule has 0 aliphatic rings. The Morgan fingerprint density at radius 3 is 2.67 bits per heavy atom. The van der Waals surface area contributed by atoms with Gasteiger partial charge in [-0.1, -0.05) is 6.07 Å². The van der Waals surface area contributed by atoms with E-state index in [1.165, 1.54) is 6.07 Å². The highest BCUT2D eigenvalue weighted by atomic mass is 79.9. The molecule has 2 rings (SSSR count). The Morgan fingerprint density at radius 1 is 1.22 bits per heavy atom. The lowest BCUT2D eigenvalue weighted by Gasteiger charge is -2.10. The number of halogens is 2. The monoisotopic (exact) mass is 309 g/mol. The summed E-state index contributed by atoms with van der Waals surface area (Å²) < 4.78 is 13.9. The Balaban J connectivity index is 2.30. The maximum Gasteiger partial charge on any atom is 0.139 e. The van der Waals surface area contributed by atoms with Crippen molar-refractivity contribution in [2.45, 2.75) is 6.92 Å². The van der Waals surface area contributed by atoms with Crippen LogP contribution in [0, 0.1) is 12.7 Å². The quantitative estimate of drug-likeness (QED) is 0.897. The molecule has 1 heterocycles. The van der Waals surface area contributed by atoms with Crippen molar-refractivity contribution in [3.8, 4) is 0 Å². The smallest absolute Gasteiger partial charge is 0.139 e. The lowest BCUT2D eigenvalue weighted by Crippen LogP contribution is -1.99. The third-order valence-electron chi connectivity index (χ3n) is 2.54. The molecule has 1 aromatic carbocycles. The molecule has 94 valence electrons. The van der Waals surface area contributed by atoms with Crippen LogP contribution < -0.4 is 10.6 Å². The van der Waals surface area contributed by atoms with Gasteiger partial charge in [0.2, 0.25) is 0 Å². The van der Waals surface area contributed by atoms with Gasteiger partial charge in [0, 0.05) is 12.7 Å². The van der Waals surface area contributed by atoms with Crippen molar-refractivity contribution in [3.05, 3.63) is 46.2 Å². The molecule has 2 N–H and O–H groups in total. The van der Waals surface area contributed by atoms with Crippen LogP contribution in [0.15, 0.2) is 34.8 Å². The Kier molecular flexibility index (Phi) is 3.81. The van der Waals surface area contributed by atoms with Gasteiger partial charge in [-0.2, -0.15) is 0 Å². The average Bonchev–Trinajstić information content (AvgIpc) is 2.36. The van der Waals surface area contributed by atoms with Crippen LogP contribution in [0.3, 0.4) is 0 Å². The molecular weight excluding hydrogens is 297 g/mol. The van der Waals surface area contributed by atoms with Crippen molar-refractivity contribution in [1.82, 2.24) is 4.98 Å². The Bertz CT molecular complexity index is 572. The normalized spacial score (nSPS) is 10.2. The standard InChI is InChI=1S/C13H13BrFN3/c1-8-6-9(14)10(15)7-11(8)17-13-5-3-4-12(16-2)18-13/h3-7H,1-2H3,(H2,16,17,18). The number of pyridine rings is 1. The summed E-state index contributed by atoms with van der Waals surface area (Å²) in [6.45, 7) is 1.91. The minimum Gasteiger partial charge on any atom is -0.373 e. The van der Waals surface area contributed by atoms with Crippen molar-refractivity contribution in [2.24, 2.45) is 0 Å². The predicted octanol–water partition coefficient (Wildman–Crippen LogP) is 4.08. The van der Waals surface area contributed by atoms with Gasteiger partial charge in [0.15, 0.2) is 0 Å². The van der Waals surface area contributed by atoms with Gasteiger partial charge in [-0.15, -0.1) is 0 Å². The summed E-state index contributed by atoms with van der Waals surface area (Å²) in [7, 11) is 1.80. The zero-order valence-corrected chi connectivity index (χ0v) is 11.7. The first-order chi connectivity index (χ1) is 8.60. The van der Waals surface area contributed by atoms with Crippen LogP contribution in [0.5, 0.6) is 0 Å². The predicted molar refractivity (Wildman–Crippen MR) is 75.9 cm³/mol. The summed E-state index contributed by atoms with van der Waals surface area (Å²) in [5, 5.41) is 6.06. The number of aromatic nitrogens is 1. The van der Waals surface area contributed by atoms with Crippen molar-refractivity contribution in [2.75, 3.05) is 17.7 Å². The Labute approximate surface area is 114 Å². The van der Waals surface area contributed by atoms with Gasteiger partial charge in [0.05, 0.1) is 4.47 Å². The van der Waals surface area contributed by atoms with Gasteiger partial charge in [0.1, 0.15) is 17.5 Å². The largest absolute Gasteiger partial charge is 0.373 e. The van der Waals surface area contributed by atoms with Gasteiger partial charge in [-0.05, 0) is 52.7 Å². The second kappa shape index (κ2) is 5.35. The zero-order chi connectivity index (χ0) is 13.1. The number of hydrogen-bond donors (Lipinski definition) is 2. The van der Waals surface area contributed by atoms with Crippen LogP contribution in [0.2, 0.25) is 0 Å². The first-order valence-corrected chi connectivity index (χ1v) is 6.27. The van der Waals surface area contributed by atoms with Crippen molar-refractivity contribution in [1.29, 1.82) is 0 Å². The summed E-state index contributed by atoms with van der Waals surface area (Å²) in [6.07, 6.45) is 0. The maximum atomic E-state index is 13.5. The van der Waals surface area contributed by atoms with Gasteiger partial charge in [-0.3, -0.25) is 0 Å². The molecule has 0 atom stereocenters. The second-order valence-corrected chi connectivity index (χ2v) is 4.72. The highest BCUT2D eigenvalue weighted by molar-refractivity contribution is 9.10. The molecule has 0 amide bonds. The van der Waals surface area contributed by atoms with E-state index >= 15 is 0 Å². The van der Waals surface area contributed by atoms with Crippen LogP contribution >= 0.6 is 15.9 Å². The van der Waals surface area contributed by atoms with Gasteiger partial charge >= 0.3 is 0 Å². The van der Waals surface area contributed by atoms with E-state index < -0.39 is 0 Å². The third kappa shape index (κ3) is 2.79. The van der Waals surface area contributed by atoms with E-state index in [2.05, 4.69) is 31.5 Å². The Hall–Kier alpha value is -1.62. The first kappa shape index (κ1) is 12.8. The number of nitrogens with zero attached hydrogens (tertiary/aromatic N) is 1. The fourth-order valence-electron chi connectivity index (χ4n) is 1.56. The average molecular weight is 310 g/mol. The molecule has 1 aromatic heterocycles. The fourth-order valence-corrected chi connectivity index (χ4v) is 2.02. The van der Waals surface area contributed by atoms with E-state index in [4.69, 9.17) is 0 Å². The number of hydrogen-bond acceptors (Lipinski definition) is 3. The van der Waals surface area contributed by atoms with Crippen molar-refractivity contribution >= 4 is 33.3 Å². The Morgan fingerprint density at radius 2 is 1.94 bits per heavy atom. The molecule has 0 radical (unpaired) electrons. The van der Waals surface area contributed by atoms with E-state index in [0.29, 0.717) is 16.0 Å². The minimum atomic E-state index is -0.298. The number of anilines is 3. The summed E-state index contributed by atoms with van der Waals surface area (Å²) in [5.74, 6) is 1.13. The third-order valence-corrected chi connectivity index (χ3v) is 3.14. The molecule has 0 aliphatic carbocycles. The highest BCUT2D eigenvalue weighted by Gasteiger charge is 2.06. The number of nitrogens with one attached hydrogen (secondary N) is 2. The van der Waals surface area contributed by atoms with E-state index in [1.807, 2.05) is 25.1 Å².